The minimum atomic E-state index is -4.66. The summed E-state index contributed by atoms with van der Waals surface area (Å²) in [4.78, 5) is 16.6. The fraction of sp³-hybridized carbons (Fsp3) is 0.211. The van der Waals surface area contributed by atoms with E-state index in [0.717, 1.165) is 4.68 Å². The lowest BCUT2D eigenvalue weighted by molar-refractivity contribution is -0.140. The molecule has 0 aliphatic heterocycles. The summed E-state index contributed by atoms with van der Waals surface area (Å²) in [6.07, 6.45) is -3.20. The molecule has 0 bridgehead atoms. The standard InChI is InChI=1S/C19H15F3N4O2/c1-11-13-6-2-3-7-14(13)24-18-16(11)17(19(20,21)22)25-26(18)10-15(27)23-9-12-5-4-8-28-12/h2-8H,9-10H2,1H3,(H,23,27). The highest BCUT2D eigenvalue weighted by Gasteiger charge is 2.38. The molecule has 3 aromatic heterocycles. The van der Waals surface area contributed by atoms with E-state index < -0.39 is 24.3 Å². The number of benzene rings is 1. The van der Waals surface area contributed by atoms with Gasteiger partial charge in [-0.25, -0.2) is 9.67 Å². The zero-order valence-corrected chi connectivity index (χ0v) is 14.7. The van der Waals surface area contributed by atoms with Crippen LogP contribution in [0.2, 0.25) is 0 Å². The molecule has 0 radical (unpaired) electrons. The molecule has 0 aliphatic carbocycles. The number of hydrogen-bond donors (Lipinski definition) is 1. The van der Waals surface area contributed by atoms with Gasteiger partial charge < -0.3 is 9.73 Å². The van der Waals surface area contributed by atoms with Gasteiger partial charge in [-0.1, -0.05) is 18.2 Å². The smallest absolute Gasteiger partial charge is 0.435 e. The zero-order chi connectivity index (χ0) is 19.9. The van der Waals surface area contributed by atoms with Gasteiger partial charge in [-0.2, -0.15) is 18.3 Å². The number of pyridine rings is 1. The largest absolute Gasteiger partial charge is 0.467 e. The Morgan fingerprint density at radius 2 is 2.00 bits per heavy atom. The molecular formula is C19H15F3N4O2. The number of rotatable bonds is 4. The molecule has 0 aliphatic rings. The van der Waals surface area contributed by atoms with Crippen LogP contribution < -0.4 is 5.32 Å². The van der Waals surface area contributed by atoms with Crippen LogP contribution in [0.1, 0.15) is 17.0 Å². The summed E-state index contributed by atoms with van der Waals surface area (Å²) in [6, 6.07) is 10.3. The predicted octanol–water partition coefficient (Wildman–Crippen LogP) is 3.82. The number of nitrogens with zero attached hydrogens (tertiary/aromatic N) is 3. The molecule has 4 rings (SSSR count). The highest BCUT2D eigenvalue weighted by atomic mass is 19.4. The molecule has 1 aromatic carbocycles. The van der Waals surface area contributed by atoms with Crippen molar-refractivity contribution in [2.75, 3.05) is 0 Å². The highest BCUT2D eigenvalue weighted by molar-refractivity contribution is 5.97. The molecule has 144 valence electrons. The van der Waals surface area contributed by atoms with E-state index in [1.165, 1.54) is 6.26 Å². The number of halogens is 3. The third kappa shape index (κ3) is 3.19. The summed E-state index contributed by atoms with van der Waals surface area (Å²) >= 11 is 0. The average Bonchev–Trinajstić information content (AvgIpc) is 3.28. The molecule has 6 nitrogen and oxygen atoms in total. The Hall–Kier alpha value is -3.36. The van der Waals surface area contributed by atoms with Gasteiger partial charge in [-0.05, 0) is 30.7 Å². The van der Waals surface area contributed by atoms with E-state index >= 15 is 0 Å². The normalized spacial score (nSPS) is 12.0. The lowest BCUT2D eigenvalue weighted by Gasteiger charge is -2.07. The molecule has 0 unspecified atom stereocenters. The third-order valence-corrected chi connectivity index (χ3v) is 4.44. The highest BCUT2D eigenvalue weighted by Crippen LogP contribution is 2.37. The van der Waals surface area contributed by atoms with E-state index in [9.17, 15) is 18.0 Å². The van der Waals surface area contributed by atoms with Crippen LogP contribution in [0.4, 0.5) is 13.2 Å². The summed E-state index contributed by atoms with van der Waals surface area (Å²) in [5.41, 5.74) is -0.0534. The van der Waals surface area contributed by atoms with Gasteiger partial charge in [0.1, 0.15) is 12.3 Å². The quantitative estimate of drug-likeness (QED) is 0.577. The molecule has 0 saturated carbocycles. The van der Waals surface area contributed by atoms with Crippen molar-refractivity contribution < 1.29 is 22.4 Å². The lowest BCUT2D eigenvalue weighted by Crippen LogP contribution is -2.27. The number of carbonyl (C=O) groups is 1. The van der Waals surface area contributed by atoms with Crippen LogP contribution in [0.5, 0.6) is 0 Å². The first-order chi connectivity index (χ1) is 13.3. The van der Waals surface area contributed by atoms with Gasteiger partial charge >= 0.3 is 6.18 Å². The van der Waals surface area contributed by atoms with Gasteiger partial charge in [-0.15, -0.1) is 0 Å². The second-order valence-corrected chi connectivity index (χ2v) is 6.31. The van der Waals surface area contributed by atoms with Gasteiger partial charge in [0.2, 0.25) is 5.91 Å². The van der Waals surface area contributed by atoms with Gasteiger partial charge in [0.25, 0.3) is 0 Å². The van der Waals surface area contributed by atoms with Crippen molar-refractivity contribution in [3.63, 3.8) is 0 Å². The Morgan fingerprint density at radius 3 is 2.71 bits per heavy atom. The maximum absolute atomic E-state index is 13.6. The molecule has 9 heteroatoms. The number of alkyl halides is 3. The monoisotopic (exact) mass is 388 g/mol. The molecule has 1 N–H and O–H groups in total. The fourth-order valence-electron chi connectivity index (χ4n) is 3.15. The fourth-order valence-corrected chi connectivity index (χ4v) is 3.15. The Bertz CT molecular complexity index is 1160. The molecule has 0 atom stereocenters. The van der Waals surface area contributed by atoms with Crippen LogP contribution in [0.15, 0.2) is 47.1 Å². The molecule has 28 heavy (non-hydrogen) atoms. The maximum atomic E-state index is 13.6. The molecule has 0 spiro atoms. The Morgan fingerprint density at radius 1 is 1.21 bits per heavy atom. The second kappa shape index (κ2) is 6.66. The first kappa shape index (κ1) is 18.0. The second-order valence-electron chi connectivity index (χ2n) is 6.31. The molecule has 0 saturated heterocycles. The van der Waals surface area contributed by atoms with Crippen LogP contribution in [-0.2, 0) is 24.1 Å². The van der Waals surface area contributed by atoms with Crippen molar-refractivity contribution in [1.29, 1.82) is 0 Å². The average molecular weight is 388 g/mol. The van der Waals surface area contributed by atoms with E-state index in [2.05, 4.69) is 15.4 Å². The van der Waals surface area contributed by atoms with E-state index in [-0.39, 0.29) is 17.6 Å². The third-order valence-electron chi connectivity index (χ3n) is 4.44. The number of furan rings is 1. The van der Waals surface area contributed by atoms with Crippen molar-refractivity contribution in [2.45, 2.75) is 26.2 Å². The van der Waals surface area contributed by atoms with Gasteiger partial charge in [0.05, 0.1) is 23.7 Å². The van der Waals surface area contributed by atoms with E-state index in [1.807, 2.05) is 0 Å². The minimum absolute atomic E-state index is 0.0247. The number of amides is 1. The first-order valence-corrected chi connectivity index (χ1v) is 8.46. The number of aromatic nitrogens is 3. The SMILES string of the molecule is Cc1c2ccccc2nc2c1c(C(F)(F)F)nn2CC(=O)NCc1ccco1. The van der Waals surface area contributed by atoms with Crippen LogP contribution in [-0.4, -0.2) is 20.7 Å². The van der Waals surface area contributed by atoms with Crippen LogP contribution in [0.3, 0.4) is 0 Å². The summed E-state index contributed by atoms with van der Waals surface area (Å²) in [6.45, 7) is 1.34. The van der Waals surface area contributed by atoms with E-state index in [4.69, 9.17) is 4.42 Å². The summed E-state index contributed by atoms with van der Waals surface area (Å²) in [7, 11) is 0. The number of nitrogens with one attached hydrogen (secondary N) is 1. The number of hydrogen-bond acceptors (Lipinski definition) is 4. The Kier molecular flexibility index (Phi) is 4.29. The van der Waals surface area contributed by atoms with E-state index in [0.29, 0.717) is 22.2 Å². The Labute approximate surface area is 157 Å². The molecule has 3 heterocycles. The predicted molar refractivity (Wildman–Crippen MR) is 95.3 cm³/mol. The topological polar surface area (TPSA) is 73.0 Å². The number of fused-ring (bicyclic) bond motifs is 2. The van der Waals surface area contributed by atoms with Crippen LogP contribution >= 0.6 is 0 Å². The molecular weight excluding hydrogens is 373 g/mol. The van der Waals surface area contributed by atoms with Crippen LogP contribution in [0, 0.1) is 6.92 Å². The number of carbonyl (C=O) groups excluding carboxylic acids is 1. The van der Waals surface area contributed by atoms with Gasteiger partial charge in [0.15, 0.2) is 11.3 Å². The summed E-state index contributed by atoms with van der Waals surface area (Å²) in [5.74, 6) is 0.0387. The number of para-hydroxylation sites is 1. The summed E-state index contributed by atoms with van der Waals surface area (Å²) in [5, 5.41) is 6.79. The molecule has 1 amide bonds. The van der Waals surface area contributed by atoms with Crippen LogP contribution in [0.25, 0.3) is 21.9 Å². The van der Waals surface area contributed by atoms with Crippen molar-refractivity contribution in [3.8, 4) is 0 Å². The Balaban J connectivity index is 1.76. The number of aryl methyl sites for hydroxylation is 1. The zero-order valence-electron chi connectivity index (χ0n) is 14.7. The van der Waals surface area contributed by atoms with Crippen molar-refractivity contribution >= 4 is 27.8 Å². The van der Waals surface area contributed by atoms with Gasteiger partial charge in [0, 0.05) is 5.39 Å². The van der Waals surface area contributed by atoms with Gasteiger partial charge in [-0.3, -0.25) is 4.79 Å². The first-order valence-electron chi connectivity index (χ1n) is 8.46. The molecule has 0 fully saturated rings. The van der Waals surface area contributed by atoms with E-state index in [1.54, 1.807) is 43.3 Å². The van der Waals surface area contributed by atoms with Crippen molar-refractivity contribution in [1.82, 2.24) is 20.1 Å². The maximum Gasteiger partial charge on any atom is 0.435 e. The van der Waals surface area contributed by atoms with Crippen molar-refractivity contribution in [2.24, 2.45) is 0 Å². The minimum Gasteiger partial charge on any atom is -0.467 e. The lowest BCUT2D eigenvalue weighted by atomic mass is 10.1. The van der Waals surface area contributed by atoms with Crippen molar-refractivity contribution in [3.05, 3.63) is 59.7 Å². The molecule has 4 aromatic rings. The summed E-state index contributed by atoms with van der Waals surface area (Å²) < 4.78 is 46.8.